The Morgan fingerprint density at radius 1 is 1.22 bits per heavy atom. The van der Waals surface area contributed by atoms with Crippen molar-refractivity contribution in [3.63, 3.8) is 0 Å². The van der Waals surface area contributed by atoms with Gasteiger partial charge in [0.25, 0.3) is 5.56 Å². The summed E-state index contributed by atoms with van der Waals surface area (Å²) in [4.78, 5) is 26.8. The van der Waals surface area contributed by atoms with Crippen molar-refractivity contribution in [2.45, 2.75) is 45.3 Å². The summed E-state index contributed by atoms with van der Waals surface area (Å²) in [6, 6.07) is 5.72. The Balaban J connectivity index is 1.40. The molecule has 0 saturated carbocycles. The molecule has 1 saturated heterocycles. The van der Waals surface area contributed by atoms with E-state index in [1.54, 1.807) is 17.2 Å². The van der Waals surface area contributed by atoms with Crippen molar-refractivity contribution in [1.29, 1.82) is 0 Å². The van der Waals surface area contributed by atoms with Gasteiger partial charge in [-0.2, -0.15) is 20.0 Å². The molecule has 3 aromatic heterocycles. The summed E-state index contributed by atoms with van der Waals surface area (Å²) in [7, 11) is 1.40. The van der Waals surface area contributed by atoms with Gasteiger partial charge in [0.1, 0.15) is 28.2 Å². The number of H-pyrrole nitrogens is 1. The van der Waals surface area contributed by atoms with Crippen LogP contribution in [-0.4, -0.2) is 66.6 Å². The minimum absolute atomic E-state index is 0.0727. The molecule has 1 N–H and O–H groups in total. The van der Waals surface area contributed by atoms with E-state index < -0.39 is 17.0 Å². The minimum Gasteiger partial charge on any atom is -0.494 e. The summed E-state index contributed by atoms with van der Waals surface area (Å²) >= 11 is 0. The first-order chi connectivity index (χ1) is 17.6. The van der Waals surface area contributed by atoms with Crippen LogP contribution < -0.4 is 10.3 Å². The van der Waals surface area contributed by atoms with Gasteiger partial charge in [-0.15, -0.1) is 0 Å². The number of aromatic nitrogens is 6. The van der Waals surface area contributed by atoms with E-state index >= 15 is 0 Å². The largest absolute Gasteiger partial charge is 0.494 e. The number of hydrogen-bond donors (Lipinski definition) is 1. The van der Waals surface area contributed by atoms with Crippen LogP contribution in [0.1, 0.15) is 39.7 Å². The molecule has 194 valence electrons. The normalized spacial score (nSPS) is 14.8. The highest BCUT2D eigenvalue weighted by atomic mass is 19.1. The van der Waals surface area contributed by atoms with Crippen molar-refractivity contribution in [1.82, 2.24) is 34.7 Å². The number of aromatic amines is 1. The van der Waals surface area contributed by atoms with E-state index in [-0.39, 0.29) is 23.6 Å². The van der Waals surface area contributed by atoms with Gasteiger partial charge in [-0.25, -0.2) is 9.18 Å². The molecule has 0 bridgehead atoms. The molecule has 1 aromatic carbocycles. The van der Waals surface area contributed by atoms with Crippen LogP contribution in [0.3, 0.4) is 0 Å². The van der Waals surface area contributed by atoms with E-state index in [1.807, 2.05) is 31.6 Å². The zero-order valence-electron chi connectivity index (χ0n) is 21.1. The lowest BCUT2D eigenvalue weighted by atomic mass is 10.1. The molecule has 1 amide bonds. The van der Waals surface area contributed by atoms with Gasteiger partial charge in [0.05, 0.1) is 24.9 Å². The third-order valence-corrected chi connectivity index (χ3v) is 6.19. The summed E-state index contributed by atoms with van der Waals surface area (Å²) in [6.45, 7) is 6.69. The van der Waals surface area contributed by atoms with E-state index in [1.165, 1.54) is 25.3 Å². The second-order valence-corrected chi connectivity index (χ2v) is 9.93. The van der Waals surface area contributed by atoms with Crippen LogP contribution in [0.2, 0.25) is 0 Å². The average molecular weight is 510 g/mol. The van der Waals surface area contributed by atoms with E-state index in [4.69, 9.17) is 9.47 Å². The van der Waals surface area contributed by atoms with Gasteiger partial charge >= 0.3 is 6.09 Å². The lowest BCUT2D eigenvalue weighted by Gasteiger charge is -2.33. The first-order valence-corrected chi connectivity index (χ1v) is 12.0. The maximum atomic E-state index is 14.7. The average Bonchev–Trinajstić information content (AvgIpc) is 3.49. The Morgan fingerprint density at radius 3 is 2.68 bits per heavy atom. The number of likely N-dealkylation sites (tertiary alicyclic amines) is 1. The lowest BCUT2D eigenvalue weighted by molar-refractivity contribution is 0.0185. The Bertz CT molecular complexity index is 1510. The number of benzene rings is 1. The molecule has 0 aliphatic carbocycles. The predicted molar refractivity (Wildman–Crippen MR) is 133 cm³/mol. The van der Waals surface area contributed by atoms with Crippen LogP contribution >= 0.6 is 0 Å². The Morgan fingerprint density at radius 2 is 1.97 bits per heavy atom. The lowest BCUT2D eigenvalue weighted by Crippen LogP contribution is -2.42. The number of carbonyl (C=O) groups is 1. The van der Waals surface area contributed by atoms with Crippen LogP contribution in [-0.2, 0) is 4.74 Å². The molecule has 0 spiro atoms. The van der Waals surface area contributed by atoms with Crippen molar-refractivity contribution in [3.05, 3.63) is 52.8 Å². The molecule has 0 radical (unpaired) electrons. The molecule has 1 fully saturated rings. The first-order valence-electron chi connectivity index (χ1n) is 12.0. The Labute approximate surface area is 211 Å². The number of piperidine rings is 1. The van der Waals surface area contributed by atoms with Gasteiger partial charge in [-0.1, -0.05) is 6.07 Å². The number of para-hydroxylation sites is 1. The van der Waals surface area contributed by atoms with Crippen LogP contribution in [0.25, 0.3) is 28.0 Å². The molecule has 4 heterocycles. The van der Waals surface area contributed by atoms with Crippen LogP contribution in [0.15, 0.2) is 41.5 Å². The molecule has 0 unspecified atom stereocenters. The van der Waals surface area contributed by atoms with Gasteiger partial charge in [0.15, 0.2) is 5.82 Å². The van der Waals surface area contributed by atoms with Crippen LogP contribution in [0.5, 0.6) is 5.75 Å². The number of ether oxygens (including phenoxy) is 2. The molecule has 4 aromatic rings. The van der Waals surface area contributed by atoms with Crippen molar-refractivity contribution in [2.75, 3.05) is 20.2 Å². The summed E-state index contributed by atoms with van der Waals surface area (Å²) in [5.41, 5.74) is 0.855. The Kier molecular flexibility index (Phi) is 6.18. The van der Waals surface area contributed by atoms with Gasteiger partial charge in [0, 0.05) is 30.9 Å². The van der Waals surface area contributed by atoms with Crippen molar-refractivity contribution < 1.29 is 18.7 Å². The number of nitrogens with zero attached hydrogens (tertiary/aromatic N) is 6. The number of fused-ring (bicyclic) bond motifs is 1. The molecule has 1 aliphatic rings. The highest BCUT2D eigenvalue weighted by Gasteiger charge is 2.28. The number of nitrogens with one attached hydrogen (secondary N) is 1. The molecule has 37 heavy (non-hydrogen) atoms. The smallest absolute Gasteiger partial charge is 0.410 e. The summed E-state index contributed by atoms with van der Waals surface area (Å²) in [5, 5.41) is 16.1. The van der Waals surface area contributed by atoms with Crippen LogP contribution in [0, 0.1) is 5.82 Å². The second kappa shape index (κ2) is 9.34. The molecule has 1 aliphatic heterocycles. The van der Waals surface area contributed by atoms with E-state index in [0.29, 0.717) is 35.4 Å². The van der Waals surface area contributed by atoms with E-state index in [2.05, 4.69) is 20.4 Å². The van der Waals surface area contributed by atoms with Crippen molar-refractivity contribution in [3.8, 4) is 22.7 Å². The quantitative estimate of drug-likeness (QED) is 0.445. The summed E-state index contributed by atoms with van der Waals surface area (Å²) in [6.07, 6.45) is 4.69. The zero-order valence-corrected chi connectivity index (χ0v) is 21.1. The third kappa shape index (κ3) is 4.78. The van der Waals surface area contributed by atoms with Crippen LogP contribution in [0.4, 0.5) is 9.18 Å². The molecule has 5 rings (SSSR count). The maximum Gasteiger partial charge on any atom is 0.410 e. The van der Waals surface area contributed by atoms with Crippen molar-refractivity contribution in [2.24, 2.45) is 0 Å². The minimum atomic E-state index is -0.635. The number of rotatable bonds is 4. The maximum absolute atomic E-state index is 14.7. The molecular formula is C25H28FN7O4. The molecule has 0 atom stereocenters. The molecular weight excluding hydrogens is 481 g/mol. The number of carbonyl (C=O) groups excluding carboxylic acids is 1. The second-order valence-electron chi connectivity index (χ2n) is 9.93. The van der Waals surface area contributed by atoms with Gasteiger partial charge in [-0.3, -0.25) is 14.6 Å². The molecule has 11 nitrogen and oxygen atoms in total. The fourth-order valence-electron chi connectivity index (χ4n) is 4.41. The predicted octanol–water partition coefficient (Wildman–Crippen LogP) is 3.69. The number of halogens is 1. The van der Waals surface area contributed by atoms with E-state index in [9.17, 15) is 14.0 Å². The first kappa shape index (κ1) is 24.5. The standard InChI is InChI=1S/C25H28FN7O4/c1-25(2,3)37-24(35)31-10-8-16(9-11-31)32-14-15(13-27-32)21-22-18(28-29-21)12-20(34)33(30-22)23-17(26)6-5-7-19(23)36-4/h5-7,12-14,16,28H,8-11H2,1-4H3. The number of amides is 1. The van der Waals surface area contributed by atoms with Crippen molar-refractivity contribution >= 4 is 17.1 Å². The van der Waals surface area contributed by atoms with Gasteiger partial charge in [-0.05, 0) is 45.7 Å². The zero-order chi connectivity index (χ0) is 26.3. The van der Waals surface area contributed by atoms with Gasteiger partial charge < -0.3 is 14.4 Å². The Hall–Kier alpha value is -4.22. The summed E-state index contributed by atoms with van der Waals surface area (Å²) < 4.78 is 28.2. The third-order valence-electron chi connectivity index (χ3n) is 6.19. The highest BCUT2D eigenvalue weighted by molar-refractivity contribution is 5.88. The fraction of sp³-hybridized carbons (Fsp3) is 0.400. The van der Waals surface area contributed by atoms with Gasteiger partial charge in [0.2, 0.25) is 0 Å². The van der Waals surface area contributed by atoms with E-state index in [0.717, 1.165) is 17.5 Å². The number of hydrogen-bond acceptors (Lipinski definition) is 7. The highest BCUT2D eigenvalue weighted by Crippen LogP contribution is 2.29. The monoisotopic (exact) mass is 509 g/mol. The SMILES string of the molecule is COc1cccc(F)c1-n1nc2c(-c3cnn(C4CCN(C(=O)OC(C)(C)C)CC4)c3)n[nH]c2cc1=O. The number of methoxy groups -OCH3 is 1. The topological polar surface area (TPSA) is 120 Å². The summed E-state index contributed by atoms with van der Waals surface area (Å²) in [5.74, 6) is -0.451. The molecule has 12 heteroatoms. The fourth-order valence-corrected chi connectivity index (χ4v) is 4.41.